The number of hydrogen-bond donors (Lipinski definition) is 0. The summed E-state index contributed by atoms with van der Waals surface area (Å²) >= 11 is 0. The van der Waals surface area contributed by atoms with E-state index < -0.39 is 0 Å². The number of benzene rings is 8. The van der Waals surface area contributed by atoms with Crippen molar-refractivity contribution in [3.63, 3.8) is 0 Å². The fourth-order valence-electron chi connectivity index (χ4n) is 7.04. The molecule has 0 N–H and O–H groups in total. The van der Waals surface area contributed by atoms with E-state index in [1.807, 2.05) is 0 Å². The van der Waals surface area contributed by atoms with Crippen LogP contribution in [0.25, 0.3) is 32.7 Å². The summed E-state index contributed by atoms with van der Waals surface area (Å²) in [7, 11) is 0. The molecule has 0 atom stereocenters. The van der Waals surface area contributed by atoms with Crippen LogP contribution in [0, 0.1) is 13.8 Å². The molecule has 0 radical (unpaired) electrons. The van der Waals surface area contributed by atoms with Crippen LogP contribution in [0.1, 0.15) is 11.1 Å². The highest BCUT2D eigenvalue weighted by atomic mass is 15.2. The monoisotopic (exact) mass is 616 g/mol. The highest BCUT2D eigenvalue weighted by Crippen LogP contribution is 2.49. The van der Waals surface area contributed by atoms with Crippen molar-refractivity contribution < 1.29 is 0 Å². The molecule has 2 heteroatoms. The topological polar surface area (TPSA) is 6.48 Å². The second-order valence-corrected chi connectivity index (χ2v) is 12.3. The molecular weight excluding hydrogens is 581 g/mol. The number of para-hydroxylation sites is 3. The average molecular weight is 617 g/mol. The lowest BCUT2D eigenvalue weighted by molar-refractivity contribution is 1.24. The van der Waals surface area contributed by atoms with Crippen molar-refractivity contribution in [1.29, 1.82) is 0 Å². The molecule has 0 aromatic heterocycles. The normalized spacial score (nSPS) is 11.1. The summed E-state index contributed by atoms with van der Waals surface area (Å²) in [6.07, 6.45) is 0. The van der Waals surface area contributed by atoms with E-state index in [9.17, 15) is 0 Å². The Balaban J connectivity index is 1.37. The number of aryl methyl sites for hydroxylation is 2. The Morgan fingerprint density at radius 2 is 0.708 bits per heavy atom. The van der Waals surface area contributed by atoms with Gasteiger partial charge in [-0.25, -0.2) is 0 Å². The summed E-state index contributed by atoms with van der Waals surface area (Å²) in [4.78, 5) is 4.77. The zero-order chi connectivity index (χ0) is 32.5. The minimum atomic E-state index is 1.10. The van der Waals surface area contributed by atoms with Crippen LogP contribution in [0.5, 0.6) is 0 Å². The molecular formula is C46H36N2. The highest BCUT2D eigenvalue weighted by molar-refractivity contribution is 6.22. The molecule has 8 aromatic carbocycles. The van der Waals surface area contributed by atoms with E-state index in [-0.39, 0.29) is 0 Å². The van der Waals surface area contributed by atoms with Gasteiger partial charge in [-0.05, 0) is 101 Å². The first-order valence-electron chi connectivity index (χ1n) is 16.5. The van der Waals surface area contributed by atoms with E-state index in [1.165, 1.54) is 55.2 Å². The fourth-order valence-corrected chi connectivity index (χ4v) is 7.04. The number of hydrogen-bond acceptors (Lipinski definition) is 2. The largest absolute Gasteiger partial charge is 0.310 e. The summed E-state index contributed by atoms with van der Waals surface area (Å²) < 4.78 is 0. The van der Waals surface area contributed by atoms with Crippen molar-refractivity contribution in [3.05, 3.63) is 193 Å². The maximum Gasteiger partial charge on any atom is 0.0618 e. The second-order valence-electron chi connectivity index (χ2n) is 12.3. The molecule has 0 bridgehead atoms. The number of fused-ring (bicyclic) bond motifs is 2. The van der Waals surface area contributed by atoms with Crippen molar-refractivity contribution >= 4 is 55.7 Å². The van der Waals surface area contributed by atoms with Crippen LogP contribution in [0.2, 0.25) is 0 Å². The first kappa shape index (κ1) is 29.3. The summed E-state index contributed by atoms with van der Waals surface area (Å²) in [6, 6.07) is 65.4. The van der Waals surface area contributed by atoms with Gasteiger partial charge in [-0.1, -0.05) is 127 Å². The Morgan fingerprint density at radius 1 is 0.312 bits per heavy atom. The van der Waals surface area contributed by atoms with E-state index in [4.69, 9.17) is 0 Å². The van der Waals surface area contributed by atoms with E-state index in [0.717, 1.165) is 22.7 Å². The van der Waals surface area contributed by atoms with E-state index in [1.54, 1.807) is 0 Å². The third-order valence-corrected chi connectivity index (χ3v) is 9.29. The molecule has 8 rings (SSSR count). The van der Waals surface area contributed by atoms with Crippen LogP contribution in [0.3, 0.4) is 0 Å². The minimum Gasteiger partial charge on any atom is -0.310 e. The fraction of sp³-hybridized carbons (Fsp3) is 0.0435. The van der Waals surface area contributed by atoms with Gasteiger partial charge < -0.3 is 9.80 Å². The standard InChI is InChI=1S/C46H36N2/c1-33-17-9-11-23-39(33)45-40-24-12-14-26-42(40)46(43-27-15-13-25-41(43)45)48(36-21-7-4-8-22-36)38-31-29-37(30-32-38)47(35-19-5-3-6-20-35)44-28-16-10-18-34(44)2/h3-32H,1-2H3. The van der Waals surface area contributed by atoms with Gasteiger partial charge in [0.25, 0.3) is 0 Å². The lowest BCUT2D eigenvalue weighted by Gasteiger charge is -2.31. The summed E-state index contributed by atoms with van der Waals surface area (Å²) in [6.45, 7) is 4.38. The zero-order valence-corrected chi connectivity index (χ0v) is 27.2. The predicted molar refractivity (Wildman–Crippen MR) is 206 cm³/mol. The number of anilines is 6. The molecule has 0 unspecified atom stereocenters. The quantitative estimate of drug-likeness (QED) is 0.164. The molecule has 0 saturated heterocycles. The van der Waals surface area contributed by atoms with Gasteiger partial charge in [-0.15, -0.1) is 0 Å². The Hall–Kier alpha value is -6.12. The molecule has 0 fully saturated rings. The van der Waals surface area contributed by atoms with Crippen LogP contribution < -0.4 is 9.80 Å². The first-order valence-corrected chi connectivity index (χ1v) is 16.5. The van der Waals surface area contributed by atoms with Crippen molar-refractivity contribution in [2.75, 3.05) is 9.80 Å². The first-order chi connectivity index (χ1) is 23.7. The number of rotatable bonds is 7. The van der Waals surface area contributed by atoms with Gasteiger partial charge in [-0.2, -0.15) is 0 Å². The third-order valence-electron chi connectivity index (χ3n) is 9.29. The predicted octanol–water partition coefficient (Wildman–Crippen LogP) is 13.2. The summed E-state index contributed by atoms with van der Waals surface area (Å²) in [5, 5.41) is 4.92. The van der Waals surface area contributed by atoms with Crippen LogP contribution in [0.15, 0.2) is 182 Å². The smallest absolute Gasteiger partial charge is 0.0618 e. The molecule has 0 saturated carbocycles. The van der Waals surface area contributed by atoms with Crippen molar-refractivity contribution in [2.45, 2.75) is 13.8 Å². The van der Waals surface area contributed by atoms with Gasteiger partial charge in [-0.3, -0.25) is 0 Å². The van der Waals surface area contributed by atoms with Crippen molar-refractivity contribution in [2.24, 2.45) is 0 Å². The lowest BCUT2D eigenvalue weighted by Crippen LogP contribution is -2.13. The molecule has 0 heterocycles. The van der Waals surface area contributed by atoms with Crippen molar-refractivity contribution in [3.8, 4) is 11.1 Å². The molecule has 0 spiro atoms. The molecule has 0 aliphatic carbocycles. The molecule has 48 heavy (non-hydrogen) atoms. The van der Waals surface area contributed by atoms with Gasteiger partial charge in [0, 0.05) is 39.2 Å². The van der Waals surface area contributed by atoms with Gasteiger partial charge in [0.1, 0.15) is 0 Å². The maximum absolute atomic E-state index is 2.43. The number of nitrogens with zero attached hydrogens (tertiary/aromatic N) is 2. The van der Waals surface area contributed by atoms with Gasteiger partial charge in [0.2, 0.25) is 0 Å². The second kappa shape index (κ2) is 12.6. The molecule has 230 valence electrons. The van der Waals surface area contributed by atoms with Gasteiger partial charge in [0.05, 0.1) is 5.69 Å². The van der Waals surface area contributed by atoms with Crippen LogP contribution in [-0.4, -0.2) is 0 Å². The Labute approximate surface area is 282 Å². The summed E-state index contributed by atoms with van der Waals surface area (Å²) in [5.41, 5.74) is 11.8. The SMILES string of the molecule is Cc1ccccc1-c1c2ccccc2c(N(c2ccccc2)c2ccc(N(c3ccccc3)c3ccccc3C)cc2)c2ccccc12. The zero-order valence-electron chi connectivity index (χ0n) is 27.2. The minimum absolute atomic E-state index is 1.10. The van der Waals surface area contributed by atoms with Gasteiger partial charge in [0.15, 0.2) is 0 Å². The Kier molecular flexibility index (Phi) is 7.68. The van der Waals surface area contributed by atoms with Crippen LogP contribution in [-0.2, 0) is 0 Å². The van der Waals surface area contributed by atoms with Crippen LogP contribution in [0.4, 0.5) is 34.1 Å². The highest BCUT2D eigenvalue weighted by Gasteiger charge is 2.23. The maximum atomic E-state index is 2.43. The van der Waals surface area contributed by atoms with E-state index in [2.05, 4.69) is 206 Å². The molecule has 0 aliphatic heterocycles. The summed E-state index contributed by atoms with van der Waals surface area (Å²) in [5.74, 6) is 0. The van der Waals surface area contributed by atoms with Gasteiger partial charge >= 0.3 is 0 Å². The average Bonchev–Trinajstić information content (AvgIpc) is 3.14. The van der Waals surface area contributed by atoms with Crippen LogP contribution >= 0.6 is 0 Å². The van der Waals surface area contributed by atoms with E-state index in [0.29, 0.717) is 0 Å². The lowest BCUT2D eigenvalue weighted by atomic mass is 9.88. The van der Waals surface area contributed by atoms with E-state index >= 15 is 0 Å². The molecule has 2 nitrogen and oxygen atoms in total. The Morgan fingerprint density at radius 3 is 1.25 bits per heavy atom. The van der Waals surface area contributed by atoms with Crippen molar-refractivity contribution in [1.82, 2.24) is 0 Å². The molecule has 0 aliphatic rings. The molecule has 0 amide bonds. The molecule has 8 aromatic rings. The Bertz CT molecular complexity index is 2300. The third kappa shape index (κ3) is 5.18.